The number of carbonyl (C=O) groups is 3. The van der Waals surface area contributed by atoms with Gasteiger partial charge in [-0.3, -0.25) is 19.2 Å². The number of imide groups is 1. The number of aromatic nitrogens is 1. The standard InChI is InChI=1S/C31H23F4N3O6S2/c1-2-43-21-13-15(7-12-20(21)44-14-22(39)36-19-6-4-3-5-18(19)31(33,34)35)23-24-26(45-27-25(23)46-30(42)37-27)29(41)38(28(24)40)17-10-8-16(32)9-11-17/h3-13,23-24,26H,2,14H2,1H3,(H,36,39)(H,37,42). The van der Waals surface area contributed by atoms with Crippen molar-refractivity contribution in [3.63, 3.8) is 0 Å². The molecule has 0 aliphatic carbocycles. The van der Waals surface area contributed by atoms with Gasteiger partial charge in [0.25, 0.3) is 5.91 Å². The molecule has 2 aliphatic rings. The molecule has 3 heterocycles. The number of H-pyrrole nitrogens is 1. The van der Waals surface area contributed by atoms with Gasteiger partial charge in [0.1, 0.15) is 11.1 Å². The van der Waals surface area contributed by atoms with Crippen molar-refractivity contribution < 1.29 is 41.4 Å². The maximum absolute atomic E-state index is 13.9. The van der Waals surface area contributed by atoms with E-state index in [1.807, 2.05) is 0 Å². The van der Waals surface area contributed by atoms with E-state index in [1.54, 1.807) is 19.1 Å². The molecule has 1 aromatic heterocycles. The fraction of sp³-hybridized carbons (Fsp3) is 0.226. The lowest BCUT2D eigenvalue weighted by molar-refractivity contribution is -0.137. The van der Waals surface area contributed by atoms with Crippen molar-refractivity contribution in [1.29, 1.82) is 0 Å². The number of para-hydroxylation sites is 1. The molecule has 2 aliphatic heterocycles. The summed E-state index contributed by atoms with van der Waals surface area (Å²) >= 11 is 2.01. The Kier molecular flexibility index (Phi) is 8.37. The molecule has 0 saturated carbocycles. The first-order valence-corrected chi connectivity index (χ1v) is 15.5. The number of halogens is 4. The van der Waals surface area contributed by atoms with Gasteiger partial charge in [-0.2, -0.15) is 13.2 Å². The molecule has 0 radical (unpaired) electrons. The van der Waals surface area contributed by atoms with Gasteiger partial charge in [0.05, 0.1) is 34.5 Å². The summed E-state index contributed by atoms with van der Waals surface area (Å²) in [5, 5.41) is 1.79. The number of anilines is 2. The molecule has 1 saturated heterocycles. The number of carbonyl (C=O) groups excluding carboxylic acids is 3. The maximum Gasteiger partial charge on any atom is 0.418 e. The summed E-state index contributed by atoms with van der Waals surface area (Å²) in [6, 6.07) is 14.2. The lowest BCUT2D eigenvalue weighted by atomic mass is 9.83. The first-order chi connectivity index (χ1) is 22.0. The predicted molar refractivity (Wildman–Crippen MR) is 162 cm³/mol. The van der Waals surface area contributed by atoms with Gasteiger partial charge < -0.3 is 19.8 Å². The number of rotatable bonds is 8. The second-order valence-electron chi connectivity index (χ2n) is 10.3. The van der Waals surface area contributed by atoms with E-state index in [4.69, 9.17) is 9.47 Å². The SMILES string of the molecule is CCOc1cc(C2c3sc(=O)[nH]c3SC3C(=O)N(c4ccc(F)cc4)C(=O)C32)ccc1OCC(=O)Nc1ccccc1C(F)(F)F. The molecule has 238 valence electrons. The molecule has 2 N–H and O–H groups in total. The van der Waals surface area contributed by atoms with Gasteiger partial charge >= 0.3 is 11.0 Å². The Labute approximate surface area is 266 Å². The van der Waals surface area contributed by atoms with Gasteiger partial charge in [-0.1, -0.05) is 41.3 Å². The van der Waals surface area contributed by atoms with Gasteiger partial charge in [0, 0.05) is 10.8 Å². The fourth-order valence-corrected chi connectivity index (χ4v) is 8.01. The van der Waals surface area contributed by atoms with E-state index >= 15 is 0 Å². The number of benzene rings is 3. The Bertz CT molecular complexity index is 1890. The average Bonchev–Trinajstić information content (AvgIpc) is 3.50. The highest BCUT2D eigenvalue weighted by atomic mass is 32.2. The summed E-state index contributed by atoms with van der Waals surface area (Å²) in [5.74, 6) is -3.76. The summed E-state index contributed by atoms with van der Waals surface area (Å²) in [4.78, 5) is 56.4. The second kappa shape index (κ2) is 12.3. The molecule has 6 rings (SSSR count). The van der Waals surface area contributed by atoms with E-state index in [9.17, 15) is 36.7 Å². The minimum Gasteiger partial charge on any atom is -0.490 e. The lowest BCUT2D eigenvalue weighted by Crippen LogP contribution is -2.32. The van der Waals surface area contributed by atoms with Crippen LogP contribution in [0.15, 0.2) is 76.6 Å². The van der Waals surface area contributed by atoms with Crippen LogP contribution in [0.1, 0.15) is 28.8 Å². The molecule has 0 bridgehead atoms. The maximum atomic E-state index is 13.9. The van der Waals surface area contributed by atoms with Crippen LogP contribution in [0.25, 0.3) is 0 Å². The summed E-state index contributed by atoms with van der Waals surface area (Å²) in [7, 11) is 0. The Morgan fingerprint density at radius 3 is 2.43 bits per heavy atom. The molecule has 46 heavy (non-hydrogen) atoms. The molecule has 9 nitrogen and oxygen atoms in total. The van der Waals surface area contributed by atoms with E-state index in [0.717, 1.165) is 52.3 Å². The van der Waals surface area contributed by atoms with Crippen molar-refractivity contribution in [2.45, 2.75) is 29.3 Å². The van der Waals surface area contributed by atoms with Crippen LogP contribution < -0.4 is 24.6 Å². The highest BCUT2D eigenvalue weighted by molar-refractivity contribution is 8.00. The Hall–Kier alpha value is -4.63. The van der Waals surface area contributed by atoms with Crippen molar-refractivity contribution in [3.05, 3.63) is 98.2 Å². The van der Waals surface area contributed by atoms with E-state index in [1.165, 1.54) is 30.3 Å². The molecule has 3 amide bonds. The second-order valence-corrected chi connectivity index (χ2v) is 12.4. The van der Waals surface area contributed by atoms with E-state index in [-0.39, 0.29) is 28.7 Å². The van der Waals surface area contributed by atoms with Crippen molar-refractivity contribution in [2.24, 2.45) is 5.92 Å². The molecular formula is C31H23F4N3O6S2. The minimum absolute atomic E-state index is 0.107. The van der Waals surface area contributed by atoms with Crippen LogP contribution >= 0.6 is 23.1 Å². The zero-order chi connectivity index (χ0) is 32.7. The van der Waals surface area contributed by atoms with Crippen LogP contribution in [0.5, 0.6) is 11.5 Å². The smallest absolute Gasteiger partial charge is 0.418 e. The Morgan fingerprint density at radius 1 is 0.978 bits per heavy atom. The third-order valence-corrected chi connectivity index (χ3v) is 9.80. The van der Waals surface area contributed by atoms with E-state index in [2.05, 4.69) is 10.3 Å². The van der Waals surface area contributed by atoms with Crippen molar-refractivity contribution >= 4 is 52.2 Å². The zero-order valence-corrected chi connectivity index (χ0v) is 25.4. The van der Waals surface area contributed by atoms with Crippen LogP contribution in [0.3, 0.4) is 0 Å². The Balaban J connectivity index is 1.29. The van der Waals surface area contributed by atoms with Gasteiger partial charge in [-0.25, -0.2) is 9.29 Å². The summed E-state index contributed by atoms with van der Waals surface area (Å²) < 4.78 is 65.0. The molecule has 3 atom stereocenters. The monoisotopic (exact) mass is 673 g/mol. The molecule has 3 aromatic carbocycles. The number of amides is 3. The largest absolute Gasteiger partial charge is 0.490 e. The summed E-state index contributed by atoms with van der Waals surface area (Å²) in [6.45, 7) is 1.25. The summed E-state index contributed by atoms with van der Waals surface area (Å²) in [6.07, 6.45) is -4.67. The summed E-state index contributed by atoms with van der Waals surface area (Å²) in [5.41, 5.74) is -0.679. The molecule has 3 unspecified atom stereocenters. The quantitative estimate of drug-likeness (QED) is 0.179. The number of nitrogens with one attached hydrogen (secondary N) is 2. The zero-order valence-electron chi connectivity index (χ0n) is 23.7. The van der Waals surface area contributed by atoms with Gasteiger partial charge in [0.2, 0.25) is 11.8 Å². The van der Waals surface area contributed by atoms with E-state index < -0.39 is 64.7 Å². The number of thioether (sulfide) groups is 1. The van der Waals surface area contributed by atoms with E-state index in [0.29, 0.717) is 15.5 Å². The van der Waals surface area contributed by atoms with Crippen molar-refractivity contribution in [1.82, 2.24) is 4.98 Å². The highest BCUT2D eigenvalue weighted by Crippen LogP contribution is 2.53. The first-order valence-electron chi connectivity index (χ1n) is 13.8. The Morgan fingerprint density at radius 2 is 1.72 bits per heavy atom. The van der Waals surface area contributed by atoms with Crippen LogP contribution in [-0.2, 0) is 20.6 Å². The number of fused-ring (bicyclic) bond motifs is 2. The number of thiazole rings is 1. The average molecular weight is 674 g/mol. The van der Waals surface area contributed by atoms with Crippen LogP contribution in [0.4, 0.5) is 28.9 Å². The van der Waals surface area contributed by atoms with Gasteiger partial charge in [-0.05, 0) is 61.0 Å². The van der Waals surface area contributed by atoms with Gasteiger partial charge in [-0.15, -0.1) is 0 Å². The molecular weight excluding hydrogens is 650 g/mol. The predicted octanol–water partition coefficient (Wildman–Crippen LogP) is 5.81. The van der Waals surface area contributed by atoms with Gasteiger partial charge in [0.15, 0.2) is 18.1 Å². The number of alkyl halides is 3. The van der Waals surface area contributed by atoms with Crippen molar-refractivity contribution in [2.75, 3.05) is 23.4 Å². The normalized spacial score (nSPS) is 19.1. The first kappa shape index (κ1) is 31.4. The third-order valence-electron chi connectivity index (χ3n) is 7.40. The number of nitrogens with zero attached hydrogens (tertiary/aromatic N) is 1. The number of aromatic amines is 1. The van der Waals surface area contributed by atoms with Crippen molar-refractivity contribution in [3.8, 4) is 11.5 Å². The molecule has 0 spiro atoms. The fourth-order valence-electron chi connectivity index (χ4n) is 5.50. The molecule has 15 heteroatoms. The third kappa shape index (κ3) is 5.87. The lowest BCUT2D eigenvalue weighted by Gasteiger charge is -2.30. The number of ether oxygens (including phenoxy) is 2. The highest BCUT2D eigenvalue weighted by Gasteiger charge is 2.56. The topological polar surface area (TPSA) is 118 Å². The molecule has 4 aromatic rings. The molecule has 1 fully saturated rings. The van der Waals surface area contributed by atoms with Crippen LogP contribution in [0, 0.1) is 11.7 Å². The van der Waals surface area contributed by atoms with Crippen LogP contribution in [0.2, 0.25) is 0 Å². The number of hydrogen-bond acceptors (Lipinski definition) is 8. The minimum atomic E-state index is -4.67. The van der Waals surface area contributed by atoms with Crippen LogP contribution in [-0.4, -0.2) is 41.2 Å². The number of hydrogen-bond donors (Lipinski definition) is 2.